The van der Waals surface area contributed by atoms with E-state index in [-0.39, 0.29) is 0 Å². The van der Waals surface area contributed by atoms with Gasteiger partial charge in [-0.15, -0.1) is 0 Å². The van der Waals surface area contributed by atoms with E-state index in [1.54, 1.807) is 0 Å². The van der Waals surface area contributed by atoms with Gasteiger partial charge in [-0.3, -0.25) is 0 Å². The second-order valence-corrected chi connectivity index (χ2v) is 12.4. The molecule has 0 amide bonds. The Morgan fingerprint density at radius 2 is 0.320 bits per heavy atom. The van der Waals surface area contributed by atoms with Crippen LogP contribution in [-0.2, 0) is 0 Å². The molecule has 0 heterocycles. The lowest BCUT2D eigenvalue weighted by Gasteiger charge is -2.10. The molecule has 0 saturated carbocycles. The maximum absolute atomic E-state index is 3.52. The molecule has 2 heteroatoms. The Kier molecular flexibility index (Phi) is 8.73. The van der Waals surface area contributed by atoms with Crippen LogP contribution in [0.1, 0.15) is 0 Å². The van der Waals surface area contributed by atoms with Crippen molar-refractivity contribution in [1.29, 1.82) is 0 Å². The molecule has 2 nitrogen and oxygen atoms in total. The molecule has 0 spiro atoms. The second kappa shape index (κ2) is 14.2. The summed E-state index contributed by atoms with van der Waals surface area (Å²) in [6, 6.07) is 72.9. The Hall–Kier alpha value is -6.64. The second-order valence-electron chi connectivity index (χ2n) is 12.4. The van der Waals surface area contributed by atoms with E-state index in [0.717, 1.165) is 22.7 Å². The van der Waals surface area contributed by atoms with Crippen LogP contribution in [0.3, 0.4) is 0 Å². The molecule has 8 rings (SSSR count). The molecule has 8 aromatic carbocycles. The van der Waals surface area contributed by atoms with Crippen LogP contribution in [0.2, 0.25) is 0 Å². The van der Waals surface area contributed by atoms with E-state index in [2.05, 4.69) is 205 Å². The molecule has 0 aliphatic carbocycles. The first-order valence-corrected chi connectivity index (χ1v) is 17.0. The average Bonchev–Trinajstić information content (AvgIpc) is 3.20. The molecule has 0 aromatic heterocycles. The van der Waals surface area contributed by atoms with Gasteiger partial charge in [0, 0.05) is 22.7 Å². The van der Waals surface area contributed by atoms with Gasteiger partial charge < -0.3 is 10.6 Å². The summed E-state index contributed by atoms with van der Waals surface area (Å²) in [5, 5.41) is 7.05. The summed E-state index contributed by atoms with van der Waals surface area (Å²) in [5.41, 5.74) is 16.4. The van der Waals surface area contributed by atoms with Crippen LogP contribution in [0.5, 0.6) is 0 Å². The lowest BCUT2D eigenvalue weighted by molar-refractivity contribution is 1.53. The van der Waals surface area contributed by atoms with Crippen LogP contribution in [0, 0.1) is 0 Å². The SMILES string of the molecule is c1ccc(-c2ccc(Nc3ccc(-c4ccc(-c5ccc(-c6ccc(Nc7ccc(-c8ccccc8)cc7)cc6)cc5)cc4)cc3)cc2)cc1. The van der Waals surface area contributed by atoms with Crippen molar-refractivity contribution >= 4 is 22.7 Å². The molecule has 0 saturated heterocycles. The van der Waals surface area contributed by atoms with E-state index in [4.69, 9.17) is 0 Å². The van der Waals surface area contributed by atoms with Crippen LogP contribution >= 0.6 is 0 Å². The van der Waals surface area contributed by atoms with Gasteiger partial charge in [0.1, 0.15) is 0 Å². The minimum Gasteiger partial charge on any atom is -0.356 e. The fourth-order valence-corrected chi connectivity index (χ4v) is 6.29. The molecule has 0 unspecified atom stereocenters. The zero-order valence-electron chi connectivity index (χ0n) is 27.6. The van der Waals surface area contributed by atoms with Crippen LogP contribution in [-0.4, -0.2) is 0 Å². The number of rotatable bonds is 9. The first-order valence-electron chi connectivity index (χ1n) is 17.0. The molecule has 0 aliphatic heterocycles. The van der Waals surface area contributed by atoms with Crippen LogP contribution in [0.25, 0.3) is 55.6 Å². The number of anilines is 4. The summed E-state index contributed by atoms with van der Waals surface area (Å²) in [6.07, 6.45) is 0. The fraction of sp³-hybridized carbons (Fsp3) is 0. The van der Waals surface area contributed by atoms with E-state index < -0.39 is 0 Å². The molecule has 50 heavy (non-hydrogen) atoms. The molecule has 238 valence electrons. The highest BCUT2D eigenvalue weighted by atomic mass is 14.9. The number of benzene rings is 8. The molecule has 0 bridgehead atoms. The quantitative estimate of drug-likeness (QED) is 0.164. The topological polar surface area (TPSA) is 24.1 Å². The summed E-state index contributed by atoms with van der Waals surface area (Å²) in [5.74, 6) is 0. The summed E-state index contributed by atoms with van der Waals surface area (Å²) >= 11 is 0. The maximum Gasteiger partial charge on any atom is 0.0384 e. The van der Waals surface area contributed by atoms with Crippen molar-refractivity contribution in [3.63, 3.8) is 0 Å². The third kappa shape index (κ3) is 7.11. The van der Waals surface area contributed by atoms with Gasteiger partial charge in [-0.25, -0.2) is 0 Å². The Morgan fingerprint density at radius 1 is 0.160 bits per heavy atom. The summed E-state index contributed by atoms with van der Waals surface area (Å²) < 4.78 is 0. The summed E-state index contributed by atoms with van der Waals surface area (Å²) in [6.45, 7) is 0. The van der Waals surface area contributed by atoms with Gasteiger partial charge in [0.05, 0.1) is 0 Å². The smallest absolute Gasteiger partial charge is 0.0384 e. The molecule has 0 fully saturated rings. The van der Waals surface area contributed by atoms with Gasteiger partial charge in [-0.05, 0) is 104 Å². The van der Waals surface area contributed by atoms with E-state index >= 15 is 0 Å². The van der Waals surface area contributed by atoms with Gasteiger partial charge in [-0.1, -0.05) is 158 Å². The third-order valence-corrected chi connectivity index (χ3v) is 9.10. The maximum atomic E-state index is 3.52. The van der Waals surface area contributed by atoms with E-state index in [1.807, 2.05) is 12.1 Å². The number of nitrogens with one attached hydrogen (secondary N) is 2. The van der Waals surface area contributed by atoms with Crippen LogP contribution in [0.4, 0.5) is 22.7 Å². The van der Waals surface area contributed by atoms with Crippen molar-refractivity contribution in [3.8, 4) is 55.6 Å². The highest BCUT2D eigenvalue weighted by Crippen LogP contribution is 2.30. The lowest BCUT2D eigenvalue weighted by Crippen LogP contribution is -1.90. The third-order valence-electron chi connectivity index (χ3n) is 9.10. The summed E-state index contributed by atoms with van der Waals surface area (Å²) in [7, 11) is 0. The molecular formula is C48H36N2. The molecule has 8 aromatic rings. The average molecular weight is 641 g/mol. The van der Waals surface area contributed by atoms with Crippen molar-refractivity contribution in [2.45, 2.75) is 0 Å². The molecule has 0 aliphatic rings. The zero-order valence-corrected chi connectivity index (χ0v) is 27.6. The molecular weight excluding hydrogens is 605 g/mol. The zero-order chi connectivity index (χ0) is 33.5. The van der Waals surface area contributed by atoms with Crippen molar-refractivity contribution in [3.05, 3.63) is 206 Å². The van der Waals surface area contributed by atoms with Crippen LogP contribution < -0.4 is 10.6 Å². The van der Waals surface area contributed by atoms with Gasteiger partial charge in [-0.2, -0.15) is 0 Å². The minimum atomic E-state index is 1.07. The number of hydrogen-bond donors (Lipinski definition) is 2. The van der Waals surface area contributed by atoms with E-state index in [1.165, 1.54) is 55.6 Å². The van der Waals surface area contributed by atoms with Crippen molar-refractivity contribution in [2.24, 2.45) is 0 Å². The molecule has 0 radical (unpaired) electrons. The highest BCUT2D eigenvalue weighted by Gasteiger charge is 2.05. The van der Waals surface area contributed by atoms with Gasteiger partial charge in [0.15, 0.2) is 0 Å². The van der Waals surface area contributed by atoms with Gasteiger partial charge >= 0.3 is 0 Å². The first-order chi connectivity index (χ1) is 24.7. The van der Waals surface area contributed by atoms with E-state index in [9.17, 15) is 0 Å². The first kappa shape index (κ1) is 30.7. The Balaban J connectivity index is 0.874. The Labute approximate surface area is 294 Å². The normalized spacial score (nSPS) is 10.8. The van der Waals surface area contributed by atoms with Crippen molar-refractivity contribution < 1.29 is 0 Å². The predicted octanol–water partition coefficient (Wildman–Crippen LogP) is 13.5. The Bertz CT molecular complexity index is 2100. The molecule has 0 atom stereocenters. The van der Waals surface area contributed by atoms with Crippen molar-refractivity contribution in [2.75, 3.05) is 10.6 Å². The largest absolute Gasteiger partial charge is 0.356 e. The highest BCUT2D eigenvalue weighted by molar-refractivity contribution is 5.76. The van der Waals surface area contributed by atoms with Crippen molar-refractivity contribution in [1.82, 2.24) is 0 Å². The van der Waals surface area contributed by atoms with Gasteiger partial charge in [0.25, 0.3) is 0 Å². The Morgan fingerprint density at radius 3 is 0.520 bits per heavy atom. The number of hydrogen-bond acceptors (Lipinski definition) is 2. The minimum absolute atomic E-state index is 1.07. The van der Waals surface area contributed by atoms with Crippen LogP contribution in [0.15, 0.2) is 206 Å². The lowest BCUT2D eigenvalue weighted by atomic mass is 9.98. The standard InChI is InChI=1S/C48H36N2/c1-3-7-35(8-4-1)41-19-27-45(28-20-41)49-47-31-23-43(24-32-47)39-15-11-37(12-16-39)38-13-17-40(18-14-38)44-25-33-48(34-26-44)50-46-29-21-42(22-30-46)36-9-5-2-6-10-36/h1-34,49-50H. The van der Waals surface area contributed by atoms with E-state index in [0.29, 0.717) is 0 Å². The predicted molar refractivity (Wildman–Crippen MR) is 213 cm³/mol. The summed E-state index contributed by atoms with van der Waals surface area (Å²) in [4.78, 5) is 0. The fourth-order valence-electron chi connectivity index (χ4n) is 6.29. The van der Waals surface area contributed by atoms with Gasteiger partial charge in [0.2, 0.25) is 0 Å². The monoisotopic (exact) mass is 640 g/mol. The molecule has 2 N–H and O–H groups in total.